The number of nitrogens with two attached hydrogens (primary N) is 1. The van der Waals surface area contributed by atoms with Gasteiger partial charge in [-0.25, -0.2) is 0 Å². The molecule has 0 saturated heterocycles. The van der Waals surface area contributed by atoms with Crippen LogP contribution in [0, 0.1) is 0 Å². The third kappa shape index (κ3) is 2.80. The van der Waals surface area contributed by atoms with Gasteiger partial charge in [0.2, 0.25) is 0 Å². The van der Waals surface area contributed by atoms with Gasteiger partial charge in [-0.05, 0) is 12.0 Å². The molecule has 0 bridgehead atoms. The molecule has 0 aromatic heterocycles. The third-order valence-corrected chi connectivity index (χ3v) is 2.31. The highest BCUT2D eigenvalue weighted by molar-refractivity contribution is 5.15. The van der Waals surface area contributed by atoms with Gasteiger partial charge in [0.25, 0.3) is 0 Å². The van der Waals surface area contributed by atoms with Gasteiger partial charge in [0.05, 0.1) is 0 Å². The minimum absolute atomic E-state index is 0.914. The lowest BCUT2D eigenvalue weighted by atomic mass is 10.2. The normalized spacial score (nSPS) is 11.4. The first-order valence-electron chi connectivity index (χ1n) is 4.93. The molecule has 0 aliphatic carbocycles. The highest BCUT2D eigenvalue weighted by Gasteiger charge is 2.01. The van der Waals surface area contributed by atoms with Crippen molar-refractivity contribution in [3.8, 4) is 0 Å². The summed E-state index contributed by atoms with van der Waals surface area (Å²) in [7, 11) is 2.06. The Morgan fingerprint density at radius 2 is 2.00 bits per heavy atom. The standard InChI is InChI=1S/C12H18N2/c1-3-12(9-13)14(2)10-11-7-5-4-6-8-11/h4-9H,3,10,13H2,1-2H3/b12-9-. The second-order valence-corrected chi connectivity index (χ2v) is 3.35. The van der Waals surface area contributed by atoms with Gasteiger partial charge in [-0.1, -0.05) is 37.3 Å². The van der Waals surface area contributed by atoms with Crippen molar-refractivity contribution in [2.45, 2.75) is 19.9 Å². The summed E-state index contributed by atoms with van der Waals surface area (Å²) in [6, 6.07) is 10.4. The average molecular weight is 190 g/mol. The molecule has 0 atom stereocenters. The first-order valence-corrected chi connectivity index (χ1v) is 4.93. The highest BCUT2D eigenvalue weighted by Crippen LogP contribution is 2.10. The van der Waals surface area contributed by atoms with Gasteiger partial charge in [-0.3, -0.25) is 0 Å². The predicted octanol–water partition coefficient (Wildman–Crippen LogP) is 2.33. The second kappa shape index (κ2) is 5.32. The van der Waals surface area contributed by atoms with E-state index in [4.69, 9.17) is 5.73 Å². The average Bonchev–Trinajstić information content (AvgIpc) is 2.21. The largest absolute Gasteiger partial charge is 0.403 e. The van der Waals surface area contributed by atoms with Gasteiger partial charge < -0.3 is 10.6 Å². The van der Waals surface area contributed by atoms with Crippen molar-refractivity contribution in [1.82, 2.24) is 4.90 Å². The Kier molecular flexibility index (Phi) is 4.05. The fourth-order valence-electron chi connectivity index (χ4n) is 1.47. The summed E-state index contributed by atoms with van der Waals surface area (Å²) in [5.41, 5.74) is 8.02. The molecule has 0 unspecified atom stereocenters. The molecule has 1 aromatic rings. The maximum absolute atomic E-state index is 5.53. The van der Waals surface area contributed by atoms with E-state index < -0.39 is 0 Å². The zero-order chi connectivity index (χ0) is 10.4. The van der Waals surface area contributed by atoms with Crippen LogP contribution in [-0.4, -0.2) is 11.9 Å². The summed E-state index contributed by atoms with van der Waals surface area (Å²) < 4.78 is 0. The zero-order valence-corrected chi connectivity index (χ0v) is 8.90. The van der Waals surface area contributed by atoms with Gasteiger partial charge in [-0.15, -0.1) is 0 Å². The van der Waals surface area contributed by atoms with Gasteiger partial charge in [0, 0.05) is 25.5 Å². The van der Waals surface area contributed by atoms with Crippen molar-refractivity contribution in [1.29, 1.82) is 0 Å². The van der Waals surface area contributed by atoms with E-state index in [1.54, 1.807) is 6.20 Å². The molecule has 14 heavy (non-hydrogen) atoms. The van der Waals surface area contributed by atoms with E-state index in [1.165, 1.54) is 11.3 Å². The molecule has 1 aromatic carbocycles. The first kappa shape index (κ1) is 10.6. The molecule has 0 aliphatic rings. The summed E-state index contributed by atoms with van der Waals surface area (Å²) in [5, 5.41) is 0. The van der Waals surface area contributed by atoms with E-state index in [2.05, 4.69) is 43.1 Å². The Hall–Kier alpha value is -1.44. The number of benzene rings is 1. The molecule has 0 spiro atoms. The number of rotatable bonds is 4. The Morgan fingerprint density at radius 3 is 2.50 bits per heavy atom. The molecule has 76 valence electrons. The van der Waals surface area contributed by atoms with Crippen LogP contribution in [0.1, 0.15) is 18.9 Å². The molecule has 0 aliphatic heterocycles. The zero-order valence-electron chi connectivity index (χ0n) is 8.90. The van der Waals surface area contributed by atoms with Crippen LogP contribution in [0.5, 0.6) is 0 Å². The van der Waals surface area contributed by atoms with Crippen LogP contribution in [0.3, 0.4) is 0 Å². The SMILES string of the molecule is CC/C(=C/N)N(C)Cc1ccccc1. The number of allylic oxidation sites excluding steroid dienone is 1. The smallest absolute Gasteiger partial charge is 0.0423 e. The van der Waals surface area contributed by atoms with Crippen LogP contribution < -0.4 is 5.73 Å². The lowest BCUT2D eigenvalue weighted by Crippen LogP contribution is -2.17. The molecule has 0 fully saturated rings. The molecule has 0 radical (unpaired) electrons. The topological polar surface area (TPSA) is 29.3 Å². The molecule has 1 rings (SSSR count). The van der Waals surface area contributed by atoms with Crippen molar-refractivity contribution in [3.05, 3.63) is 47.8 Å². The van der Waals surface area contributed by atoms with Gasteiger partial charge in [-0.2, -0.15) is 0 Å². The minimum atomic E-state index is 0.914. The first-order chi connectivity index (χ1) is 6.77. The van der Waals surface area contributed by atoms with Gasteiger partial charge in [0.1, 0.15) is 0 Å². The monoisotopic (exact) mass is 190 g/mol. The summed E-state index contributed by atoms with van der Waals surface area (Å²) in [6.45, 7) is 3.03. The van der Waals surface area contributed by atoms with E-state index in [-0.39, 0.29) is 0 Å². The van der Waals surface area contributed by atoms with Crippen molar-refractivity contribution < 1.29 is 0 Å². The number of hydrogen-bond donors (Lipinski definition) is 1. The number of nitrogens with zero attached hydrogens (tertiary/aromatic N) is 1. The lowest BCUT2D eigenvalue weighted by Gasteiger charge is -2.21. The minimum Gasteiger partial charge on any atom is -0.403 e. The Labute approximate surface area is 86.0 Å². The van der Waals surface area contributed by atoms with E-state index in [1.807, 2.05) is 6.07 Å². The van der Waals surface area contributed by atoms with Crippen LogP contribution in [0.25, 0.3) is 0 Å². The van der Waals surface area contributed by atoms with Crippen molar-refractivity contribution in [2.75, 3.05) is 7.05 Å². The quantitative estimate of drug-likeness (QED) is 0.789. The molecular formula is C12H18N2. The summed E-state index contributed by atoms with van der Waals surface area (Å²) in [6.07, 6.45) is 2.66. The van der Waals surface area contributed by atoms with Crippen LogP contribution in [0.15, 0.2) is 42.2 Å². The van der Waals surface area contributed by atoms with Gasteiger partial charge in [0.15, 0.2) is 0 Å². The lowest BCUT2D eigenvalue weighted by molar-refractivity contribution is 0.398. The van der Waals surface area contributed by atoms with Crippen molar-refractivity contribution in [3.63, 3.8) is 0 Å². The molecule has 2 nitrogen and oxygen atoms in total. The fourth-order valence-corrected chi connectivity index (χ4v) is 1.47. The molecule has 2 N–H and O–H groups in total. The van der Waals surface area contributed by atoms with Crippen LogP contribution in [0.2, 0.25) is 0 Å². The Bertz CT molecular complexity index is 290. The van der Waals surface area contributed by atoms with Crippen molar-refractivity contribution in [2.24, 2.45) is 5.73 Å². The van der Waals surface area contributed by atoms with Gasteiger partial charge >= 0.3 is 0 Å². The molecule has 0 saturated carbocycles. The van der Waals surface area contributed by atoms with Crippen LogP contribution in [-0.2, 0) is 6.54 Å². The fraction of sp³-hybridized carbons (Fsp3) is 0.333. The maximum atomic E-state index is 5.53. The van der Waals surface area contributed by atoms with Crippen LogP contribution >= 0.6 is 0 Å². The second-order valence-electron chi connectivity index (χ2n) is 3.35. The Balaban J connectivity index is 2.61. The summed E-state index contributed by atoms with van der Waals surface area (Å²) in [5.74, 6) is 0. The summed E-state index contributed by atoms with van der Waals surface area (Å²) in [4.78, 5) is 2.18. The molecule has 0 amide bonds. The van der Waals surface area contributed by atoms with Crippen molar-refractivity contribution >= 4 is 0 Å². The Morgan fingerprint density at radius 1 is 1.36 bits per heavy atom. The molecule has 2 heteroatoms. The van der Waals surface area contributed by atoms with Crippen LogP contribution in [0.4, 0.5) is 0 Å². The van der Waals surface area contributed by atoms with E-state index >= 15 is 0 Å². The summed E-state index contributed by atoms with van der Waals surface area (Å²) >= 11 is 0. The van der Waals surface area contributed by atoms with E-state index in [9.17, 15) is 0 Å². The molecular weight excluding hydrogens is 172 g/mol. The highest BCUT2D eigenvalue weighted by atomic mass is 15.1. The van der Waals surface area contributed by atoms with E-state index in [0.717, 1.165) is 13.0 Å². The third-order valence-electron chi connectivity index (χ3n) is 2.31. The van der Waals surface area contributed by atoms with E-state index in [0.29, 0.717) is 0 Å². The number of hydrogen-bond acceptors (Lipinski definition) is 2. The maximum Gasteiger partial charge on any atom is 0.0423 e. The molecule has 0 heterocycles. The predicted molar refractivity (Wildman–Crippen MR) is 60.5 cm³/mol.